The first kappa shape index (κ1) is 13.1. The molecule has 6 heteroatoms. The fourth-order valence-electron chi connectivity index (χ4n) is 0.612. The summed E-state index contributed by atoms with van der Waals surface area (Å²) in [6.45, 7) is 9.02. The van der Waals surface area contributed by atoms with E-state index in [4.69, 9.17) is 0 Å². The molecule has 0 spiro atoms. The van der Waals surface area contributed by atoms with Crippen LogP contribution in [-0.4, -0.2) is 20.5 Å². The molecule has 0 saturated heterocycles. The summed E-state index contributed by atoms with van der Waals surface area (Å²) in [7, 11) is -3.43. The van der Waals surface area contributed by atoms with Crippen molar-refractivity contribution in [3.8, 4) is 0 Å². The maximum atomic E-state index is 11.3. The van der Waals surface area contributed by atoms with E-state index < -0.39 is 15.7 Å². The fraction of sp³-hybridized carbons (Fsp3) is 0.714. The zero-order chi connectivity index (χ0) is 10.7. The number of nitrogens with one attached hydrogen (secondary N) is 2. The zero-order valence-electron chi connectivity index (χ0n) is 8.02. The van der Waals surface area contributed by atoms with Gasteiger partial charge in [-0.2, -0.15) is 17.9 Å². The fourth-order valence-corrected chi connectivity index (χ4v) is 2.18. The second kappa shape index (κ2) is 4.54. The summed E-state index contributed by atoms with van der Waals surface area (Å²) < 4.78 is 27.9. The Hall–Kier alpha value is 0.0900. The van der Waals surface area contributed by atoms with Crippen LogP contribution < -0.4 is 9.44 Å². The molecule has 0 aromatic carbocycles. The molecular weight excluding hydrogens is 256 g/mol. The molecule has 0 unspecified atom stereocenters. The van der Waals surface area contributed by atoms with Gasteiger partial charge in [-0.05, 0) is 20.8 Å². The Balaban J connectivity index is 4.19. The number of halogens is 1. The lowest BCUT2D eigenvalue weighted by Gasteiger charge is -2.20. The maximum absolute atomic E-state index is 11.3. The van der Waals surface area contributed by atoms with Crippen LogP contribution in [0.25, 0.3) is 0 Å². The van der Waals surface area contributed by atoms with Crippen molar-refractivity contribution in [1.82, 2.24) is 9.44 Å². The quantitative estimate of drug-likeness (QED) is 0.805. The highest BCUT2D eigenvalue weighted by Crippen LogP contribution is 2.02. The summed E-state index contributed by atoms with van der Waals surface area (Å²) in [5.74, 6) is 0. The summed E-state index contributed by atoms with van der Waals surface area (Å²) in [5.41, 5.74) is -0.473. The van der Waals surface area contributed by atoms with Crippen molar-refractivity contribution in [3.63, 3.8) is 0 Å². The first-order valence-electron chi connectivity index (χ1n) is 3.74. The third kappa shape index (κ3) is 8.42. The standard InChI is InChI=1S/C7H15BrN2O2S/c1-6(8)5-9-13(11,12)10-7(2,3)4/h9-10H,1,5H2,2-4H3. The SMILES string of the molecule is C=C(Br)CNS(=O)(=O)NC(C)(C)C. The van der Waals surface area contributed by atoms with E-state index in [1.54, 1.807) is 20.8 Å². The molecule has 0 amide bonds. The van der Waals surface area contributed by atoms with E-state index >= 15 is 0 Å². The van der Waals surface area contributed by atoms with Gasteiger partial charge in [0.05, 0.1) is 0 Å². The predicted octanol–water partition coefficient (Wildman–Crippen LogP) is 1.12. The second-order valence-electron chi connectivity index (χ2n) is 3.69. The van der Waals surface area contributed by atoms with Crippen molar-refractivity contribution in [1.29, 1.82) is 0 Å². The molecule has 2 N–H and O–H groups in total. The Labute approximate surface area is 88.1 Å². The molecule has 78 valence electrons. The molecule has 0 aliphatic heterocycles. The van der Waals surface area contributed by atoms with Crippen LogP contribution >= 0.6 is 15.9 Å². The van der Waals surface area contributed by atoms with Crippen LogP contribution in [0.1, 0.15) is 20.8 Å². The Morgan fingerprint density at radius 1 is 1.46 bits per heavy atom. The van der Waals surface area contributed by atoms with Gasteiger partial charge in [0.1, 0.15) is 0 Å². The van der Waals surface area contributed by atoms with Crippen LogP contribution in [-0.2, 0) is 10.2 Å². The van der Waals surface area contributed by atoms with Gasteiger partial charge in [-0.1, -0.05) is 22.5 Å². The lowest BCUT2D eigenvalue weighted by atomic mass is 10.1. The van der Waals surface area contributed by atoms with Crippen LogP contribution in [0.3, 0.4) is 0 Å². The van der Waals surface area contributed by atoms with Crippen molar-refractivity contribution >= 4 is 26.1 Å². The van der Waals surface area contributed by atoms with Crippen molar-refractivity contribution in [2.24, 2.45) is 0 Å². The third-order valence-electron chi connectivity index (χ3n) is 0.895. The highest BCUT2D eigenvalue weighted by Gasteiger charge is 2.18. The molecule has 0 aliphatic carbocycles. The van der Waals surface area contributed by atoms with Crippen molar-refractivity contribution in [2.75, 3.05) is 6.54 Å². The monoisotopic (exact) mass is 270 g/mol. The summed E-state index contributed by atoms with van der Waals surface area (Å²) in [6.07, 6.45) is 0. The van der Waals surface area contributed by atoms with Crippen LogP contribution in [0.4, 0.5) is 0 Å². The number of rotatable bonds is 4. The predicted molar refractivity (Wildman–Crippen MR) is 57.9 cm³/mol. The van der Waals surface area contributed by atoms with E-state index in [-0.39, 0.29) is 6.54 Å². The van der Waals surface area contributed by atoms with Crippen molar-refractivity contribution in [2.45, 2.75) is 26.3 Å². The summed E-state index contributed by atoms with van der Waals surface area (Å²) in [6, 6.07) is 0. The minimum absolute atomic E-state index is 0.186. The normalized spacial score (nSPS) is 12.9. The molecule has 0 bridgehead atoms. The van der Waals surface area contributed by atoms with Gasteiger partial charge >= 0.3 is 0 Å². The average molecular weight is 271 g/mol. The van der Waals surface area contributed by atoms with Crippen molar-refractivity contribution < 1.29 is 8.42 Å². The second-order valence-corrected chi connectivity index (χ2v) is 6.32. The zero-order valence-corrected chi connectivity index (χ0v) is 10.4. The molecule has 0 heterocycles. The van der Waals surface area contributed by atoms with Gasteiger partial charge in [0.15, 0.2) is 0 Å². The van der Waals surface area contributed by atoms with E-state index in [2.05, 4.69) is 32.0 Å². The molecule has 0 saturated carbocycles. The van der Waals surface area contributed by atoms with Gasteiger partial charge < -0.3 is 0 Å². The van der Waals surface area contributed by atoms with Gasteiger partial charge in [0, 0.05) is 16.6 Å². The third-order valence-corrected chi connectivity index (χ3v) is 2.58. The van der Waals surface area contributed by atoms with Gasteiger partial charge in [0.25, 0.3) is 10.2 Å². The molecule has 0 radical (unpaired) electrons. The molecule has 4 nitrogen and oxygen atoms in total. The molecule has 13 heavy (non-hydrogen) atoms. The summed E-state index contributed by atoms with van der Waals surface area (Å²) >= 11 is 3.06. The van der Waals surface area contributed by atoms with E-state index in [1.165, 1.54) is 0 Å². The minimum atomic E-state index is -3.43. The lowest BCUT2D eigenvalue weighted by molar-refractivity contribution is 0.485. The van der Waals surface area contributed by atoms with Gasteiger partial charge in [-0.15, -0.1) is 0 Å². The smallest absolute Gasteiger partial charge is 0.197 e. The molecule has 0 aliphatic rings. The minimum Gasteiger partial charge on any atom is -0.197 e. The highest BCUT2D eigenvalue weighted by molar-refractivity contribution is 9.11. The van der Waals surface area contributed by atoms with Crippen molar-refractivity contribution in [3.05, 3.63) is 11.1 Å². The Bertz CT molecular complexity index is 279. The average Bonchev–Trinajstić information content (AvgIpc) is 1.78. The molecule has 0 rings (SSSR count). The molecular formula is C7H15BrN2O2S. The first-order chi connectivity index (χ1) is 5.62. The lowest BCUT2D eigenvalue weighted by Crippen LogP contribution is -2.47. The molecule has 0 fully saturated rings. The van der Waals surface area contributed by atoms with E-state index in [9.17, 15) is 8.42 Å². The Morgan fingerprint density at radius 3 is 2.23 bits per heavy atom. The van der Waals surface area contributed by atoms with E-state index in [0.29, 0.717) is 4.48 Å². The van der Waals surface area contributed by atoms with Gasteiger partial charge in [0.2, 0.25) is 0 Å². The maximum Gasteiger partial charge on any atom is 0.277 e. The number of hydrogen-bond donors (Lipinski definition) is 2. The van der Waals surface area contributed by atoms with Crippen LogP contribution in [0.5, 0.6) is 0 Å². The Morgan fingerprint density at radius 2 is 1.92 bits per heavy atom. The van der Waals surface area contributed by atoms with Crippen LogP contribution in [0.15, 0.2) is 11.1 Å². The van der Waals surface area contributed by atoms with Crippen LogP contribution in [0, 0.1) is 0 Å². The number of hydrogen-bond acceptors (Lipinski definition) is 2. The van der Waals surface area contributed by atoms with E-state index in [1.807, 2.05) is 0 Å². The molecule has 0 aromatic heterocycles. The highest BCUT2D eigenvalue weighted by atomic mass is 79.9. The summed E-state index contributed by atoms with van der Waals surface area (Å²) in [4.78, 5) is 0. The first-order valence-corrected chi connectivity index (χ1v) is 6.02. The summed E-state index contributed by atoms with van der Waals surface area (Å²) in [5, 5.41) is 0. The van der Waals surface area contributed by atoms with Gasteiger partial charge in [-0.25, -0.2) is 0 Å². The van der Waals surface area contributed by atoms with Gasteiger partial charge in [-0.3, -0.25) is 0 Å². The molecule has 0 atom stereocenters. The van der Waals surface area contributed by atoms with E-state index in [0.717, 1.165) is 0 Å². The molecule has 0 aromatic rings. The Kier molecular flexibility index (Phi) is 4.58. The van der Waals surface area contributed by atoms with Crippen LogP contribution in [0.2, 0.25) is 0 Å². The topological polar surface area (TPSA) is 58.2 Å². The largest absolute Gasteiger partial charge is 0.277 e.